The third-order valence-corrected chi connectivity index (χ3v) is 7.44. The van der Waals surface area contributed by atoms with Crippen molar-refractivity contribution >= 4 is 54.7 Å². The number of nitrogens with one attached hydrogen (secondary N) is 3. The predicted molar refractivity (Wildman–Crippen MR) is 181 cm³/mol. The molecule has 3 aliphatic carbocycles. The zero-order valence-electron chi connectivity index (χ0n) is 27.7. The van der Waals surface area contributed by atoms with Gasteiger partial charge in [-0.3, -0.25) is 28.8 Å². The summed E-state index contributed by atoms with van der Waals surface area (Å²) < 4.78 is 0. The Morgan fingerprint density at radius 3 is 0.962 bits per heavy atom. The molecule has 17 N–H and O–H groups in total. The van der Waals surface area contributed by atoms with Crippen molar-refractivity contribution in [2.45, 2.75) is 102 Å². The summed E-state index contributed by atoms with van der Waals surface area (Å²) in [6.45, 7) is 1.50. The van der Waals surface area contributed by atoms with E-state index in [0.717, 1.165) is 25.8 Å². The quantitative estimate of drug-likeness (QED) is 0.131. The Balaban J connectivity index is -0.0000000607. The standard InChI is InChI=1S/C6H12N2.2C6H8O4.C5H10N2.C3H4O4.2ClH.4H2N.4Pt/c7-5-3-1-2-4-6(5)8;2*7-4(8)6(5(9)10)2-1-3-6;6-4-5-2-1-3-7-5;4-2(5)1-3(6)7;;;;;;;;;;/h5-8H,1-4H2;2*1-3H2,(H,7,8)(H,9,10);5-6H,1-4H2;1H2,(H,4,5)(H,6,7);2*1H;4*1H2;;;;/q-2;;;-2;;;;4*-1;3*+2;+4/p-2/t5-,6-;;;5-;;;;;;;;;;;/m0..0.........../s1. The first-order chi connectivity index (χ1) is 21.0. The molecule has 1 saturated heterocycles. The number of carboxylic acid groups (broad SMARTS) is 6. The molecule has 1 heterocycles. The maximum Gasteiger partial charge on any atom is 2.00 e. The fourth-order valence-electron chi connectivity index (χ4n) is 4.22. The van der Waals surface area contributed by atoms with Crippen LogP contribution in [0.15, 0.2) is 0 Å². The van der Waals surface area contributed by atoms with Gasteiger partial charge >= 0.3 is 134 Å². The molecule has 0 aromatic rings. The minimum Gasteiger partial charge on any atom is -0.693 e. The number of carboxylic acids is 6. The van der Waals surface area contributed by atoms with Crippen LogP contribution in [0.4, 0.5) is 0 Å². The Bertz CT molecular complexity index is 878. The van der Waals surface area contributed by atoms with Crippen molar-refractivity contribution in [2.75, 3.05) is 13.1 Å². The van der Waals surface area contributed by atoms with Crippen LogP contribution in [0.3, 0.4) is 0 Å². The Morgan fingerprint density at radius 1 is 0.596 bits per heavy atom. The van der Waals surface area contributed by atoms with E-state index in [9.17, 15) is 28.8 Å². The smallest absolute Gasteiger partial charge is 0.693 e. The van der Waals surface area contributed by atoms with Crippen LogP contribution in [0, 0.1) is 10.8 Å². The molecule has 0 aromatic carbocycles. The van der Waals surface area contributed by atoms with Crippen molar-refractivity contribution < 1.29 is 139 Å². The van der Waals surface area contributed by atoms with Crippen LogP contribution in [0.25, 0.3) is 47.1 Å². The Kier molecular flexibility index (Phi) is 56.9. The number of rotatable bonds is 7. The van der Waals surface area contributed by atoms with Crippen molar-refractivity contribution in [2.24, 2.45) is 10.8 Å². The number of nitrogens with zero attached hydrogens (tertiary/aromatic N) is 1. The number of aliphatic carboxylic acids is 6. The zero-order chi connectivity index (χ0) is 35.2. The first-order valence-electron chi connectivity index (χ1n) is 13.9. The normalized spacial score (nSPS) is 20.0. The number of hydrogen-bond acceptors (Lipinski definition) is 6. The summed E-state index contributed by atoms with van der Waals surface area (Å²) in [4.78, 5) is 60.3. The zero-order valence-corrected chi connectivity index (χ0v) is 38.3. The fourth-order valence-corrected chi connectivity index (χ4v) is 4.22. The van der Waals surface area contributed by atoms with E-state index in [4.69, 9.17) is 66.7 Å². The molecular formula is C26H50Cl2N8O12Pt4. The molecule has 52 heavy (non-hydrogen) atoms. The van der Waals surface area contributed by atoms with Crippen molar-refractivity contribution in [3.8, 4) is 0 Å². The number of halogens is 2. The minimum absolute atomic E-state index is 0. The van der Waals surface area contributed by atoms with Gasteiger partial charge in [0.05, 0.1) is 0 Å². The molecule has 20 nitrogen and oxygen atoms in total. The van der Waals surface area contributed by atoms with Gasteiger partial charge in [0.25, 0.3) is 0 Å². The van der Waals surface area contributed by atoms with Gasteiger partial charge in [-0.05, 0) is 38.5 Å². The van der Waals surface area contributed by atoms with Crippen LogP contribution in [0.1, 0.15) is 83.5 Å². The summed E-state index contributed by atoms with van der Waals surface area (Å²) in [7, 11) is 9.75. The molecule has 0 amide bonds. The molecular weight excluding hydrogens is 1470 g/mol. The summed E-state index contributed by atoms with van der Waals surface area (Å²) >= 11 is -0.472. The van der Waals surface area contributed by atoms with Gasteiger partial charge in [-0.15, -0.1) is 6.54 Å². The molecule has 1 aliphatic heterocycles. The van der Waals surface area contributed by atoms with Gasteiger partial charge in [-0.1, -0.05) is 38.5 Å². The van der Waals surface area contributed by atoms with Crippen LogP contribution < -0.4 is 0 Å². The van der Waals surface area contributed by atoms with Crippen LogP contribution >= 0.6 is 18.8 Å². The molecule has 0 unspecified atom stereocenters. The van der Waals surface area contributed by atoms with E-state index in [1.165, 1.54) is 19.3 Å². The average molecular weight is 1520 g/mol. The summed E-state index contributed by atoms with van der Waals surface area (Å²) in [5, 5.41) is 53.5. The van der Waals surface area contributed by atoms with Crippen molar-refractivity contribution in [1.82, 2.24) is 0 Å². The first-order valence-corrected chi connectivity index (χ1v) is 19.5. The van der Waals surface area contributed by atoms with Crippen LogP contribution in [-0.2, 0) is 108 Å². The molecule has 4 rings (SSSR count). The molecule has 4 fully saturated rings. The van der Waals surface area contributed by atoms with Gasteiger partial charge in [0, 0.05) is 0 Å². The number of carbonyl (C=O) groups is 6. The van der Waals surface area contributed by atoms with Crippen molar-refractivity contribution in [1.29, 1.82) is 0 Å². The van der Waals surface area contributed by atoms with Crippen LogP contribution in [0.5, 0.6) is 0 Å². The molecule has 26 heteroatoms. The Hall–Kier alpha value is -0.167. The van der Waals surface area contributed by atoms with E-state index < -0.39 is 69.5 Å². The molecule has 0 spiro atoms. The van der Waals surface area contributed by atoms with Crippen LogP contribution in [0.2, 0.25) is 0 Å². The second kappa shape index (κ2) is 40.5. The summed E-state index contributed by atoms with van der Waals surface area (Å²) in [6.07, 6.45) is 8.32. The summed E-state index contributed by atoms with van der Waals surface area (Å²) in [6, 6.07) is 0.229. The van der Waals surface area contributed by atoms with Crippen molar-refractivity contribution in [3.05, 3.63) is 47.1 Å². The van der Waals surface area contributed by atoms with Gasteiger partial charge in [0.2, 0.25) is 0 Å². The molecule has 4 aliphatic rings. The van der Waals surface area contributed by atoms with E-state index in [2.05, 4.69) is 5.32 Å². The molecule has 0 bridgehead atoms. The third-order valence-electron chi connectivity index (χ3n) is 7.44. The maximum atomic E-state index is 10.4. The average Bonchev–Trinajstić information content (AvgIpc) is 3.39. The van der Waals surface area contributed by atoms with Crippen molar-refractivity contribution in [3.63, 3.8) is 0 Å². The van der Waals surface area contributed by atoms with E-state index in [0.29, 0.717) is 25.4 Å². The van der Waals surface area contributed by atoms with Gasteiger partial charge in [0.15, 0.2) is 10.8 Å². The number of nitrogens with two attached hydrogens (primary N) is 4. The van der Waals surface area contributed by atoms with Gasteiger partial charge in [0.1, 0.15) is 6.42 Å². The third kappa shape index (κ3) is 29.2. The molecule has 0 radical (unpaired) electrons. The van der Waals surface area contributed by atoms with E-state index in [1.807, 2.05) is 0 Å². The van der Waals surface area contributed by atoms with Gasteiger partial charge in [-0.2, -0.15) is 24.7 Å². The van der Waals surface area contributed by atoms with E-state index in [-0.39, 0.29) is 126 Å². The minimum atomic E-state index is -1.44. The largest absolute Gasteiger partial charge is 2.00 e. The van der Waals surface area contributed by atoms with E-state index >= 15 is 0 Å². The van der Waals surface area contributed by atoms with Gasteiger partial charge < -0.3 is 77.8 Å². The van der Waals surface area contributed by atoms with E-state index in [1.54, 1.807) is 0 Å². The summed E-state index contributed by atoms with van der Waals surface area (Å²) in [5.74, 6) is -7.44. The first kappa shape index (κ1) is 73.0. The SMILES string of the molecule is O=C(O)C1(C(=O)O)CCC1.O=C(O)C1(C(=O)O)CCC1.O=C(O)CC(=O)O.[Cl][Pt+2][Cl].[NH-]C[C@@H]1CCC[N-]1.[NH-][C@H]1CCCC[C@@H]1[NH-].[NH2-].[NH2-].[NH2-].[NH2-].[Pt+2].[Pt+2].[Pt+2]. The fraction of sp³-hybridized carbons (Fsp3) is 0.769. The van der Waals surface area contributed by atoms with Crippen LogP contribution in [-0.4, -0.2) is 97.7 Å². The molecule has 3 atom stereocenters. The number of hydrogen-bond donors (Lipinski definition) is 6. The topological polar surface area (TPSA) is 443 Å². The van der Waals surface area contributed by atoms with Gasteiger partial charge in [-0.25, -0.2) is 0 Å². The molecule has 3 saturated carbocycles. The molecule has 0 aromatic heterocycles. The molecule has 320 valence electrons. The second-order valence-corrected chi connectivity index (χ2v) is 13.8. The Morgan fingerprint density at radius 2 is 0.885 bits per heavy atom. The monoisotopic (exact) mass is 1520 g/mol. The second-order valence-electron chi connectivity index (χ2n) is 10.5. The maximum absolute atomic E-state index is 10.4. The Labute approximate surface area is 363 Å². The summed E-state index contributed by atoms with van der Waals surface area (Å²) in [5.41, 5.74) is 18.6. The predicted octanol–water partition coefficient (Wildman–Crippen LogP) is 8.41.